The molecule has 0 radical (unpaired) electrons. The van der Waals surface area contributed by atoms with Crippen molar-refractivity contribution in [3.8, 4) is 5.75 Å². The summed E-state index contributed by atoms with van der Waals surface area (Å²) in [5.74, 6) is 0.482. The summed E-state index contributed by atoms with van der Waals surface area (Å²) >= 11 is 0. The second-order valence-corrected chi connectivity index (χ2v) is 3.98. The number of non-ortho nitro benzene ring substituents is 1. The first-order valence-electron chi connectivity index (χ1n) is 5.65. The molecule has 0 unspecified atom stereocenters. The number of hydrogen-bond acceptors (Lipinski definition) is 5. The number of fused-ring (bicyclic) bond motifs is 1. The highest BCUT2D eigenvalue weighted by Crippen LogP contribution is 2.31. The Hall–Kier alpha value is -2.47. The molecule has 6 nitrogen and oxygen atoms in total. The minimum atomic E-state index is -0.438. The molecular weight excluding hydrogens is 246 g/mol. The van der Waals surface area contributed by atoms with Crippen LogP contribution >= 0.6 is 0 Å². The number of ether oxygens (including phenoxy) is 1. The topological polar surface area (TPSA) is 91.3 Å². The van der Waals surface area contributed by atoms with Crippen molar-refractivity contribution in [2.75, 3.05) is 13.2 Å². The fourth-order valence-electron chi connectivity index (χ4n) is 1.65. The zero-order valence-electron chi connectivity index (χ0n) is 10.2. The molecule has 0 amide bonds. The number of pyridine rings is 1. The van der Waals surface area contributed by atoms with Gasteiger partial charge in [-0.1, -0.05) is 6.58 Å². The normalized spacial score (nSPS) is 10.4. The first-order chi connectivity index (χ1) is 9.13. The summed E-state index contributed by atoms with van der Waals surface area (Å²) in [5.41, 5.74) is 6.63. The van der Waals surface area contributed by atoms with Crippen molar-refractivity contribution in [3.63, 3.8) is 0 Å². The Bertz CT molecular complexity index is 640. The third kappa shape index (κ3) is 2.69. The molecule has 1 aromatic carbocycles. The number of nitro benzene ring substituents is 1. The Morgan fingerprint density at radius 2 is 2.26 bits per heavy atom. The van der Waals surface area contributed by atoms with Crippen LogP contribution in [0.3, 0.4) is 0 Å². The lowest BCUT2D eigenvalue weighted by atomic mass is 10.1. The van der Waals surface area contributed by atoms with E-state index < -0.39 is 4.92 Å². The molecule has 98 valence electrons. The molecule has 1 aromatic heterocycles. The predicted molar refractivity (Wildman–Crippen MR) is 72.1 cm³/mol. The smallest absolute Gasteiger partial charge is 0.279 e. The third-order valence-electron chi connectivity index (χ3n) is 2.63. The molecular formula is C13H13N3O3. The van der Waals surface area contributed by atoms with E-state index >= 15 is 0 Å². The molecule has 2 rings (SSSR count). The molecule has 0 saturated heterocycles. The van der Waals surface area contributed by atoms with E-state index in [4.69, 9.17) is 10.5 Å². The maximum Gasteiger partial charge on any atom is 0.279 e. The van der Waals surface area contributed by atoms with Gasteiger partial charge in [0.2, 0.25) is 0 Å². The Labute approximate surface area is 109 Å². The van der Waals surface area contributed by atoms with Crippen LogP contribution in [0.15, 0.2) is 42.6 Å². The molecule has 0 bridgehead atoms. The molecule has 0 saturated carbocycles. The molecule has 6 heteroatoms. The molecule has 0 atom stereocenters. The third-order valence-corrected chi connectivity index (χ3v) is 2.63. The number of nitrogens with two attached hydrogens (primary N) is 1. The van der Waals surface area contributed by atoms with Gasteiger partial charge in [0.05, 0.1) is 10.3 Å². The first kappa shape index (κ1) is 13.0. The van der Waals surface area contributed by atoms with E-state index in [1.165, 1.54) is 12.1 Å². The molecule has 0 aliphatic carbocycles. The first-order valence-corrected chi connectivity index (χ1v) is 5.65. The van der Waals surface area contributed by atoms with E-state index in [-0.39, 0.29) is 12.3 Å². The highest BCUT2D eigenvalue weighted by Gasteiger charge is 2.15. The largest absolute Gasteiger partial charge is 0.487 e. The van der Waals surface area contributed by atoms with Crippen LogP contribution in [-0.2, 0) is 0 Å². The average Bonchev–Trinajstić information content (AvgIpc) is 2.43. The van der Waals surface area contributed by atoms with Crippen molar-refractivity contribution in [2.45, 2.75) is 0 Å². The van der Waals surface area contributed by atoms with Crippen molar-refractivity contribution in [1.82, 2.24) is 4.98 Å². The van der Waals surface area contributed by atoms with E-state index in [9.17, 15) is 10.1 Å². The molecule has 19 heavy (non-hydrogen) atoms. The number of nitrogens with zero attached hydrogens (tertiary/aromatic N) is 2. The van der Waals surface area contributed by atoms with Crippen LogP contribution in [0.4, 0.5) is 5.69 Å². The summed E-state index contributed by atoms with van der Waals surface area (Å²) in [6.07, 6.45) is 1.57. The molecule has 2 N–H and O–H groups in total. The number of aromatic nitrogens is 1. The summed E-state index contributed by atoms with van der Waals surface area (Å²) in [6.45, 7) is 4.33. The highest BCUT2D eigenvalue weighted by atomic mass is 16.6. The van der Waals surface area contributed by atoms with Crippen molar-refractivity contribution in [2.24, 2.45) is 5.73 Å². The van der Waals surface area contributed by atoms with Gasteiger partial charge in [0.25, 0.3) is 5.69 Å². The van der Waals surface area contributed by atoms with Gasteiger partial charge in [-0.15, -0.1) is 0 Å². The lowest BCUT2D eigenvalue weighted by Crippen LogP contribution is -2.10. The SMILES string of the molecule is C=C(CN)COc1ccc([N+](=O)[O-])c2cccnc12. The zero-order chi connectivity index (χ0) is 13.8. The van der Waals surface area contributed by atoms with Gasteiger partial charge in [0.15, 0.2) is 0 Å². The van der Waals surface area contributed by atoms with E-state index in [1.54, 1.807) is 18.3 Å². The van der Waals surface area contributed by atoms with Crippen LogP contribution in [0.1, 0.15) is 0 Å². The quantitative estimate of drug-likeness (QED) is 0.504. The lowest BCUT2D eigenvalue weighted by Gasteiger charge is -2.09. The molecule has 0 fully saturated rings. The minimum Gasteiger partial charge on any atom is -0.487 e. The minimum absolute atomic E-state index is 0.00750. The summed E-state index contributed by atoms with van der Waals surface area (Å²) < 4.78 is 5.54. The fraction of sp³-hybridized carbons (Fsp3) is 0.154. The van der Waals surface area contributed by atoms with Gasteiger partial charge in [-0.2, -0.15) is 0 Å². The van der Waals surface area contributed by atoms with Crippen molar-refractivity contribution < 1.29 is 9.66 Å². The number of hydrogen-bond donors (Lipinski definition) is 1. The number of nitro groups is 1. The van der Waals surface area contributed by atoms with Crippen molar-refractivity contribution in [3.05, 3.63) is 52.7 Å². The van der Waals surface area contributed by atoms with Crippen LogP contribution < -0.4 is 10.5 Å². The number of rotatable bonds is 5. The predicted octanol–water partition coefficient (Wildman–Crippen LogP) is 2.04. The lowest BCUT2D eigenvalue weighted by molar-refractivity contribution is -0.383. The molecule has 2 aromatic rings. The van der Waals surface area contributed by atoms with Crippen molar-refractivity contribution in [1.29, 1.82) is 0 Å². The van der Waals surface area contributed by atoms with Gasteiger partial charge < -0.3 is 10.5 Å². The van der Waals surface area contributed by atoms with E-state index in [0.29, 0.717) is 23.2 Å². The summed E-state index contributed by atoms with van der Waals surface area (Å²) in [6, 6.07) is 6.24. The molecule has 0 aliphatic rings. The van der Waals surface area contributed by atoms with Gasteiger partial charge in [-0.05, 0) is 23.8 Å². The van der Waals surface area contributed by atoms with E-state index in [0.717, 1.165) is 5.57 Å². The standard InChI is InChI=1S/C13H13N3O3/c1-9(7-14)8-19-12-5-4-11(16(17)18)10-3-2-6-15-13(10)12/h2-6H,1,7-8,14H2. The summed E-state index contributed by atoms with van der Waals surface area (Å²) in [7, 11) is 0. The van der Waals surface area contributed by atoms with Crippen LogP contribution in [0.5, 0.6) is 5.75 Å². The van der Waals surface area contributed by atoms with Crippen LogP contribution in [0.25, 0.3) is 10.9 Å². The van der Waals surface area contributed by atoms with E-state index in [2.05, 4.69) is 11.6 Å². The average molecular weight is 259 g/mol. The van der Waals surface area contributed by atoms with E-state index in [1.807, 2.05) is 0 Å². The highest BCUT2D eigenvalue weighted by molar-refractivity contribution is 5.92. The number of benzene rings is 1. The Balaban J connectivity index is 2.44. The van der Waals surface area contributed by atoms with Gasteiger partial charge in [-0.25, -0.2) is 0 Å². The zero-order valence-corrected chi connectivity index (χ0v) is 10.2. The summed E-state index contributed by atoms with van der Waals surface area (Å²) in [4.78, 5) is 14.6. The van der Waals surface area contributed by atoms with Crippen LogP contribution in [-0.4, -0.2) is 23.1 Å². The van der Waals surface area contributed by atoms with Gasteiger partial charge in [0.1, 0.15) is 17.9 Å². The Morgan fingerprint density at radius 1 is 1.47 bits per heavy atom. The maximum absolute atomic E-state index is 10.9. The fourth-order valence-corrected chi connectivity index (χ4v) is 1.65. The summed E-state index contributed by atoms with van der Waals surface area (Å²) in [5, 5.41) is 11.4. The van der Waals surface area contributed by atoms with Gasteiger partial charge >= 0.3 is 0 Å². The maximum atomic E-state index is 10.9. The van der Waals surface area contributed by atoms with Crippen LogP contribution in [0.2, 0.25) is 0 Å². The second-order valence-electron chi connectivity index (χ2n) is 3.98. The Kier molecular flexibility index (Phi) is 3.72. The van der Waals surface area contributed by atoms with Crippen molar-refractivity contribution >= 4 is 16.6 Å². The molecule has 1 heterocycles. The Morgan fingerprint density at radius 3 is 2.95 bits per heavy atom. The molecule has 0 spiro atoms. The second kappa shape index (κ2) is 5.45. The molecule has 0 aliphatic heterocycles. The van der Waals surface area contributed by atoms with Gasteiger partial charge in [0, 0.05) is 18.8 Å². The van der Waals surface area contributed by atoms with Gasteiger partial charge in [-0.3, -0.25) is 15.1 Å². The van der Waals surface area contributed by atoms with Crippen LogP contribution in [0, 0.1) is 10.1 Å². The monoisotopic (exact) mass is 259 g/mol.